The lowest BCUT2D eigenvalue weighted by atomic mass is 10.0. The smallest absolute Gasteiger partial charge is 0.306 e. The number of hydrogen-bond donors (Lipinski definition) is 0. The standard InChI is InChI=1S/C77H136O6/c1-4-7-10-13-16-19-22-25-28-31-33-35-37-38-40-41-43-46-49-52-55-58-61-64-67-70-76(79)82-73-74(72-81-75(78)69-66-63-60-57-54-51-48-45-30-27-24-21-18-15-12-9-6-3)83-77(80)71-68-65-62-59-56-53-50-47-44-42-39-36-34-32-29-26-23-20-17-14-11-8-5-2/h7,10,16,19,25,27-28,30,32-35,38,40,74H,4-6,8-9,11-15,17-18,20-24,26,29,31,36-37,39,41-73H2,1-3H3/b10-7-,19-16-,28-25-,30-27-,34-32-,35-33-,40-38-. The van der Waals surface area contributed by atoms with Gasteiger partial charge in [-0.1, -0.05) is 318 Å². The van der Waals surface area contributed by atoms with Crippen LogP contribution in [0.3, 0.4) is 0 Å². The SMILES string of the molecule is CC/C=C\C/C=C\C/C=C\C/C=C\C/C=C\CCCCCCCCCCCC(=O)OCC(COC(=O)CCCCCCCCC/C=C\CCCCCCCC)OC(=O)CCCCCCCCCCCCC/C=C\CCCCCCCCCC. The fourth-order valence-electron chi connectivity index (χ4n) is 10.5. The molecular weight excluding hydrogens is 1020 g/mol. The Kier molecular flexibility index (Phi) is 68.2. The minimum atomic E-state index is -0.783. The topological polar surface area (TPSA) is 78.9 Å². The fraction of sp³-hybridized carbons (Fsp3) is 0.779. The van der Waals surface area contributed by atoms with E-state index in [4.69, 9.17) is 14.2 Å². The first-order valence-corrected chi connectivity index (χ1v) is 36.1. The molecule has 6 heteroatoms. The second-order valence-corrected chi connectivity index (χ2v) is 24.1. The zero-order valence-electron chi connectivity index (χ0n) is 55.2. The summed E-state index contributed by atoms with van der Waals surface area (Å²) in [6.07, 6.45) is 94.6. The van der Waals surface area contributed by atoms with E-state index in [0.29, 0.717) is 19.3 Å². The van der Waals surface area contributed by atoms with E-state index in [0.717, 1.165) is 96.3 Å². The molecule has 0 saturated heterocycles. The highest BCUT2D eigenvalue weighted by Gasteiger charge is 2.19. The van der Waals surface area contributed by atoms with Gasteiger partial charge in [0.1, 0.15) is 13.2 Å². The molecule has 0 aromatic carbocycles. The molecule has 0 spiro atoms. The second-order valence-electron chi connectivity index (χ2n) is 24.1. The number of carbonyl (C=O) groups excluding carboxylic acids is 3. The molecular formula is C77H136O6. The third-order valence-corrected chi connectivity index (χ3v) is 15.9. The van der Waals surface area contributed by atoms with E-state index < -0.39 is 6.10 Å². The monoisotopic (exact) mass is 1160 g/mol. The summed E-state index contributed by atoms with van der Waals surface area (Å²) in [6, 6.07) is 0. The van der Waals surface area contributed by atoms with Crippen molar-refractivity contribution in [3.8, 4) is 0 Å². The van der Waals surface area contributed by atoms with Gasteiger partial charge in [-0.2, -0.15) is 0 Å². The van der Waals surface area contributed by atoms with Crippen molar-refractivity contribution in [1.29, 1.82) is 0 Å². The lowest BCUT2D eigenvalue weighted by molar-refractivity contribution is -0.167. The molecule has 1 atom stereocenters. The van der Waals surface area contributed by atoms with Crippen LogP contribution in [0, 0.1) is 0 Å². The normalized spacial score (nSPS) is 12.6. The summed E-state index contributed by atoms with van der Waals surface area (Å²) in [4.78, 5) is 38.5. The summed E-state index contributed by atoms with van der Waals surface area (Å²) in [6.45, 7) is 6.57. The van der Waals surface area contributed by atoms with Crippen LogP contribution >= 0.6 is 0 Å². The number of unbranched alkanes of at least 4 members (excludes halogenated alkanes) is 41. The van der Waals surface area contributed by atoms with Crippen LogP contribution in [0.4, 0.5) is 0 Å². The highest BCUT2D eigenvalue weighted by molar-refractivity contribution is 5.71. The summed E-state index contributed by atoms with van der Waals surface area (Å²) >= 11 is 0. The van der Waals surface area contributed by atoms with E-state index in [9.17, 15) is 14.4 Å². The molecule has 0 N–H and O–H groups in total. The van der Waals surface area contributed by atoms with Crippen molar-refractivity contribution in [3.63, 3.8) is 0 Å². The Morgan fingerprint density at radius 1 is 0.253 bits per heavy atom. The van der Waals surface area contributed by atoms with Crippen LogP contribution in [-0.4, -0.2) is 37.2 Å². The van der Waals surface area contributed by atoms with Crippen molar-refractivity contribution in [2.75, 3.05) is 13.2 Å². The van der Waals surface area contributed by atoms with Crippen molar-refractivity contribution >= 4 is 17.9 Å². The zero-order chi connectivity index (χ0) is 59.9. The van der Waals surface area contributed by atoms with Crippen LogP contribution in [0.15, 0.2) is 85.1 Å². The molecule has 0 radical (unpaired) electrons. The molecule has 0 heterocycles. The van der Waals surface area contributed by atoms with E-state index in [-0.39, 0.29) is 31.1 Å². The molecule has 0 saturated carbocycles. The predicted molar refractivity (Wildman–Crippen MR) is 362 cm³/mol. The lowest BCUT2D eigenvalue weighted by Gasteiger charge is -2.18. The first kappa shape index (κ1) is 79.6. The summed E-state index contributed by atoms with van der Waals surface area (Å²) in [5.74, 6) is -0.869. The van der Waals surface area contributed by atoms with E-state index in [1.165, 1.54) is 231 Å². The largest absolute Gasteiger partial charge is 0.462 e. The van der Waals surface area contributed by atoms with Gasteiger partial charge in [0.25, 0.3) is 0 Å². The average molecular weight is 1160 g/mol. The second kappa shape index (κ2) is 71.1. The van der Waals surface area contributed by atoms with Gasteiger partial charge >= 0.3 is 17.9 Å². The van der Waals surface area contributed by atoms with Crippen LogP contribution < -0.4 is 0 Å². The molecule has 0 aliphatic rings. The highest BCUT2D eigenvalue weighted by Crippen LogP contribution is 2.17. The van der Waals surface area contributed by atoms with Gasteiger partial charge in [-0.25, -0.2) is 0 Å². The van der Waals surface area contributed by atoms with Gasteiger partial charge in [0.2, 0.25) is 0 Å². The Balaban J connectivity index is 4.35. The Morgan fingerprint density at radius 2 is 0.470 bits per heavy atom. The molecule has 0 aromatic heterocycles. The highest BCUT2D eigenvalue weighted by atomic mass is 16.6. The predicted octanol–water partition coefficient (Wildman–Crippen LogP) is 25.0. The number of carbonyl (C=O) groups is 3. The van der Waals surface area contributed by atoms with Crippen LogP contribution in [-0.2, 0) is 28.6 Å². The van der Waals surface area contributed by atoms with Crippen LogP contribution in [0.2, 0.25) is 0 Å². The van der Waals surface area contributed by atoms with E-state index in [1.807, 2.05) is 0 Å². The van der Waals surface area contributed by atoms with Crippen molar-refractivity contribution < 1.29 is 28.6 Å². The maximum absolute atomic E-state index is 13.0. The molecule has 83 heavy (non-hydrogen) atoms. The van der Waals surface area contributed by atoms with E-state index in [2.05, 4.69) is 106 Å². The molecule has 0 fully saturated rings. The molecule has 6 nitrogen and oxygen atoms in total. The zero-order valence-corrected chi connectivity index (χ0v) is 55.2. The quantitative estimate of drug-likeness (QED) is 0.0261. The summed E-state index contributed by atoms with van der Waals surface area (Å²) < 4.78 is 17.0. The van der Waals surface area contributed by atoms with Gasteiger partial charge in [-0.05, 0) is 116 Å². The maximum Gasteiger partial charge on any atom is 0.306 e. The number of allylic oxidation sites excluding steroid dienone is 14. The molecule has 0 amide bonds. The summed E-state index contributed by atoms with van der Waals surface area (Å²) in [5, 5.41) is 0. The van der Waals surface area contributed by atoms with Crippen LogP contribution in [0.25, 0.3) is 0 Å². The molecule has 0 rings (SSSR count). The Bertz CT molecular complexity index is 1570. The first-order valence-electron chi connectivity index (χ1n) is 36.1. The number of rotatable bonds is 66. The number of esters is 3. The minimum absolute atomic E-state index is 0.0783. The van der Waals surface area contributed by atoms with Gasteiger partial charge in [0.15, 0.2) is 6.10 Å². The Hall–Kier alpha value is -3.41. The molecule has 0 aliphatic carbocycles. The third kappa shape index (κ3) is 69.3. The van der Waals surface area contributed by atoms with Gasteiger partial charge in [0.05, 0.1) is 0 Å². The number of hydrogen-bond acceptors (Lipinski definition) is 6. The van der Waals surface area contributed by atoms with E-state index in [1.54, 1.807) is 0 Å². The van der Waals surface area contributed by atoms with Crippen LogP contribution in [0.1, 0.15) is 367 Å². The average Bonchev–Trinajstić information content (AvgIpc) is 3.49. The molecule has 0 bridgehead atoms. The summed E-state index contributed by atoms with van der Waals surface area (Å²) in [5.41, 5.74) is 0. The van der Waals surface area contributed by atoms with E-state index >= 15 is 0 Å². The van der Waals surface area contributed by atoms with Crippen molar-refractivity contribution in [2.24, 2.45) is 0 Å². The molecule has 1 unspecified atom stereocenters. The fourth-order valence-corrected chi connectivity index (χ4v) is 10.5. The van der Waals surface area contributed by atoms with Crippen molar-refractivity contribution in [1.82, 2.24) is 0 Å². The maximum atomic E-state index is 13.0. The molecule has 0 aliphatic heterocycles. The number of ether oxygens (including phenoxy) is 3. The van der Waals surface area contributed by atoms with Gasteiger partial charge < -0.3 is 14.2 Å². The minimum Gasteiger partial charge on any atom is -0.462 e. The van der Waals surface area contributed by atoms with Crippen molar-refractivity contribution in [3.05, 3.63) is 85.1 Å². The Labute approximate surface area is 515 Å². The van der Waals surface area contributed by atoms with Gasteiger partial charge in [0, 0.05) is 19.3 Å². The Morgan fingerprint density at radius 3 is 0.747 bits per heavy atom. The first-order chi connectivity index (χ1) is 41.0. The molecule has 0 aromatic rings. The third-order valence-electron chi connectivity index (χ3n) is 15.9. The van der Waals surface area contributed by atoms with Gasteiger partial charge in [-0.3, -0.25) is 14.4 Å². The van der Waals surface area contributed by atoms with Crippen molar-refractivity contribution in [2.45, 2.75) is 374 Å². The van der Waals surface area contributed by atoms with Gasteiger partial charge in [-0.15, -0.1) is 0 Å². The molecule has 480 valence electrons. The lowest BCUT2D eigenvalue weighted by Crippen LogP contribution is -2.30. The van der Waals surface area contributed by atoms with Crippen LogP contribution in [0.5, 0.6) is 0 Å². The summed E-state index contributed by atoms with van der Waals surface area (Å²) in [7, 11) is 0.